The predicted octanol–water partition coefficient (Wildman–Crippen LogP) is 2.35. The quantitative estimate of drug-likeness (QED) is 0.833. The van der Waals surface area contributed by atoms with Crippen molar-refractivity contribution in [2.24, 2.45) is 5.92 Å². The Bertz CT molecular complexity index is 561. The lowest BCUT2D eigenvalue weighted by Gasteiger charge is -2.15. The van der Waals surface area contributed by atoms with E-state index in [4.69, 9.17) is 5.73 Å². The average Bonchev–Trinajstić information content (AvgIpc) is 2.85. The van der Waals surface area contributed by atoms with Gasteiger partial charge in [-0.15, -0.1) is 0 Å². The lowest BCUT2D eigenvalue weighted by atomic mass is 10.1. The van der Waals surface area contributed by atoms with Gasteiger partial charge in [0.05, 0.1) is 5.69 Å². The zero-order valence-corrected chi connectivity index (χ0v) is 12.4. The molecule has 0 heterocycles. The zero-order chi connectivity index (χ0) is 14.0. The molecular formula is C14H22N2O2S. The van der Waals surface area contributed by atoms with Crippen LogP contribution >= 0.6 is 0 Å². The fourth-order valence-corrected chi connectivity index (χ4v) is 4.22. The Labute approximate surface area is 115 Å². The van der Waals surface area contributed by atoms with Crippen LogP contribution < -0.4 is 10.5 Å². The molecule has 1 fully saturated rings. The van der Waals surface area contributed by atoms with E-state index in [1.54, 1.807) is 13.0 Å². The maximum Gasteiger partial charge on any atom is 0.242 e. The van der Waals surface area contributed by atoms with Crippen LogP contribution in [0.2, 0.25) is 0 Å². The molecule has 0 spiro atoms. The minimum atomic E-state index is -3.51. The Balaban J connectivity index is 2.21. The molecule has 106 valence electrons. The number of sulfonamides is 1. The Hall–Kier alpha value is -1.07. The molecule has 0 atom stereocenters. The number of benzene rings is 1. The summed E-state index contributed by atoms with van der Waals surface area (Å²) in [5, 5.41) is 0. The van der Waals surface area contributed by atoms with Gasteiger partial charge in [0.25, 0.3) is 0 Å². The second-order valence-corrected chi connectivity index (χ2v) is 7.13. The van der Waals surface area contributed by atoms with E-state index in [1.807, 2.05) is 13.0 Å². The van der Waals surface area contributed by atoms with Gasteiger partial charge in [0, 0.05) is 6.54 Å². The minimum absolute atomic E-state index is 0.241. The van der Waals surface area contributed by atoms with E-state index in [9.17, 15) is 8.42 Å². The number of anilines is 1. The van der Waals surface area contributed by atoms with E-state index in [1.165, 1.54) is 12.8 Å². The van der Waals surface area contributed by atoms with Gasteiger partial charge in [-0.25, -0.2) is 13.1 Å². The topological polar surface area (TPSA) is 72.2 Å². The first kappa shape index (κ1) is 14.3. The Kier molecular flexibility index (Phi) is 4.16. The smallest absolute Gasteiger partial charge is 0.242 e. The Morgan fingerprint density at radius 3 is 2.53 bits per heavy atom. The van der Waals surface area contributed by atoms with Crippen molar-refractivity contribution in [1.82, 2.24) is 4.72 Å². The highest BCUT2D eigenvalue weighted by Crippen LogP contribution is 2.27. The first-order chi connectivity index (χ1) is 8.92. The predicted molar refractivity (Wildman–Crippen MR) is 77.5 cm³/mol. The SMILES string of the molecule is Cc1ccc(N)c(S(=O)(=O)NCC2CCCC2)c1C. The first-order valence-corrected chi connectivity index (χ1v) is 8.25. The summed E-state index contributed by atoms with van der Waals surface area (Å²) >= 11 is 0. The third kappa shape index (κ3) is 3.09. The number of hydrogen-bond acceptors (Lipinski definition) is 3. The van der Waals surface area contributed by atoms with Crippen molar-refractivity contribution in [3.8, 4) is 0 Å². The molecule has 1 aliphatic carbocycles. The number of nitrogen functional groups attached to an aromatic ring is 1. The van der Waals surface area contributed by atoms with Gasteiger partial charge < -0.3 is 5.73 Å². The Morgan fingerprint density at radius 1 is 1.26 bits per heavy atom. The summed E-state index contributed by atoms with van der Waals surface area (Å²) in [6.45, 7) is 4.22. The largest absolute Gasteiger partial charge is 0.398 e. The maximum absolute atomic E-state index is 12.4. The highest BCUT2D eigenvalue weighted by atomic mass is 32.2. The van der Waals surface area contributed by atoms with Crippen molar-refractivity contribution >= 4 is 15.7 Å². The summed E-state index contributed by atoms with van der Waals surface area (Å²) in [7, 11) is -3.51. The molecule has 0 aromatic heterocycles. The third-order valence-corrected chi connectivity index (χ3v) is 5.64. The van der Waals surface area contributed by atoms with E-state index in [-0.39, 0.29) is 4.90 Å². The first-order valence-electron chi connectivity index (χ1n) is 6.77. The highest BCUT2D eigenvalue weighted by molar-refractivity contribution is 7.89. The molecule has 1 aromatic carbocycles. The number of aryl methyl sites for hydroxylation is 1. The molecule has 0 amide bonds. The lowest BCUT2D eigenvalue weighted by molar-refractivity contribution is 0.519. The van der Waals surface area contributed by atoms with Crippen molar-refractivity contribution in [2.45, 2.75) is 44.4 Å². The van der Waals surface area contributed by atoms with Gasteiger partial charge in [0.1, 0.15) is 4.90 Å². The van der Waals surface area contributed by atoms with E-state index >= 15 is 0 Å². The van der Waals surface area contributed by atoms with Crippen LogP contribution in [-0.2, 0) is 10.0 Å². The van der Waals surface area contributed by atoms with Crippen LogP contribution in [0.15, 0.2) is 17.0 Å². The molecule has 1 aliphatic rings. The highest BCUT2D eigenvalue weighted by Gasteiger charge is 2.23. The average molecular weight is 282 g/mol. The third-order valence-electron chi connectivity index (χ3n) is 4.01. The Morgan fingerprint density at radius 2 is 1.89 bits per heavy atom. The lowest BCUT2D eigenvalue weighted by Crippen LogP contribution is -2.29. The molecule has 1 saturated carbocycles. The number of nitrogens with one attached hydrogen (secondary N) is 1. The van der Waals surface area contributed by atoms with Crippen molar-refractivity contribution in [3.63, 3.8) is 0 Å². The van der Waals surface area contributed by atoms with E-state index in [0.29, 0.717) is 18.2 Å². The molecule has 0 saturated heterocycles. The van der Waals surface area contributed by atoms with Gasteiger partial charge in [-0.1, -0.05) is 18.9 Å². The summed E-state index contributed by atoms with van der Waals surface area (Å²) in [4.78, 5) is 0.241. The van der Waals surface area contributed by atoms with Crippen LogP contribution in [0.4, 0.5) is 5.69 Å². The second kappa shape index (κ2) is 5.51. The second-order valence-electron chi connectivity index (χ2n) is 5.43. The molecule has 4 nitrogen and oxygen atoms in total. The summed E-state index contributed by atoms with van der Waals surface area (Å²) in [5.41, 5.74) is 7.84. The molecule has 3 N–H and O–H groups in total. The number of rotatable bonds is 4. The zero-order valence-electron chi connectivity index (χ0n) is 11.6. The minimum Gasteiger partial charge on any atom is -0.398 e. The van der Waals surface area contributed by atoms with Gasteiger partial charge in [0.15, 0.2) is 0 Å². The van der Waals surface area contributed by atoms with Crippen LogP contribution in [0.25, 0.3) is 0 Å². The van der Waals surface area contributed by atoms with Gasteiger partial charge in [-0.2, -0.15) is 0 Å². The standard InChI is InChI=1S/C14H22N2O2S/c1-10-7-8-13(15)14(11(10)2)19(17,18)16-9-12-5-3-4-6-12/h7-8,12,16H,3-6,9,15H2,1-2H3. The van der Waals surface area contributed by atoms with E-state index in [0.717, 1.165) is 24.0 Å². The molecule has 0 radical (unpaired) electrons. The molecule has 1 aromatic rings. The summed E-state index contributed by atoms with van der Waals surface area (Å²) in [6, 6.07) is 3.51. The number of nitrogens with two attached hydrogens (primary N) is 1. The summed E-state index contributed by atoms with van der Waals surface area (Å²) < 4.78 is 27.5. The van der Waals surface area contributed by atoms with Crippen molar-refractivity contribution in [3.05, 3.63) is 23.3 Å². The van der Waals surface area contributed by atoms with Crippen molar-refractivity contribution in [2.75, 3.05) is 12.3 Å². The molecule has 5 heteroatoms. The fourth-order valence-electron chi connectivity index (χ4n) is 2.68. The molecule has 0 bridgehead atoms. The fraction of sp³-hybridized carbons (Fsp3) is 0.571. The van der Waals surface area contributed by atoms with Crippen molar-refractivity contribution < 1.29 is 8.42 Å². The maximum atomic E-state index is 12.4. The van der Waals surface area contributed by atoms with Crippen LogP contribution in [0.1, 0.15) is 36.8 Å². The van der Waals surface area contributed by atoms with Crippen LogP contribution in [0.5, 0.6) is 0 Å². The molecule has 0 unspecified atom stereocenters. The molecule has 19 heavy (non-hydrogen) atoms. The van der Waals surface area contributed by atoms with E-state index in [2.05, 4.69) is 4.72 Å². The molecular weight excluding hydrogens is 260 g/mol. The summed E-state index contributed by atoms with van der Waals surface area (Å²) in [6.07, 6.45) is 4.64. The van der Waals surface area contributed by atoms with Crippen molar-refractivity contribution in [1.29, 1.82) is 0 Å². The molecule has 2 rings (SSSR count). The molecule has 0 aliphatic heterocycles. The van der Waals surface area contributed by atoms with Crippen LogP contribution in [0.3, 0.4) is 0 Å². The normalized spacial score (nSPS) is 16.9. The van der Waals surface area contributed by atoms with Gasteiger partial charge in [-0.3, -0.25) is 0 Å². The summed E-state index contributed by atoms with van der Waals surface area (Å²) in [5.74, 6) is 0.473. The van der Waals surface area contributed by atoms with Crippen LogP contribution in [0, 0.1) is 19.8 Å². The van der Waals surface area contributed by atoms with Gasteiger partial charge in [0.2, 0.25) is 10.0 Å². The van der Waals surface area contributed by atoms with Gasteiger partial charge in [-0.05, 0) is 49.8 Å². The van der Waals surface area contributed by atoms with Crippen LogP contribution in [-0.4, -0.2) is 15.0 Å². The number of hydrogen-bond donors (Lipinski definition) is 2. The van der Waals surface area contributed by atoms with Gasteiger partial charge >= 0.3 is 0 Å². The van der Waals surface area contributed by atoms with E-state index < -0.39 is 10.0 Å². The monoisotopic (exact) mass is 282 g/mol.